The van der Waals surface area contributed by atoms with Gasteiger partial charge in [0.1, 0.15) is 0 Å². The van der Waals surface area contributed by atoms with E-state index in [9.17, 15) is 9.59 Å². The van der Waals surface area contributed by atoms with Crippen molar-refractivity contribution in [2.24, 2.45) is 0 Å². The first-order valence-electron chi connectivity index (χ1n) is 54.5. The van der Waals surface area contributed by atoms with Crippen LogP contribution < -0.4 is 0 Å². The number of ether oxygens (including phenoxy) is 2. The van der Waals surface area contributed by atoms with Crippen LogP contribution >= 0.6 is 61.3 Å². The average molecular weight is 1960 g/mol. The maximum atomic E-state index is 12.6. The van der Waals surface area contributed by atoms with Crippen LogP contribution in [-0.2, 0) is 84.5 Å². The summed E-state index contributed by atoms with van der Waals surface area (Å²) >= 11 is 10.8. The molecule has 0 spiro atoms. The van der Waals surface area contributed by atoms with E-state index in [1.807, 2.05) is 33.7 Å². The fourth-order valence-corrected chi connectivity index (χ4v) is 25.6. The monoisotopic (exact) mass is 1950 g/mol. The maximum Gasteiger partial charge on any atom is 0.338 e. The first-order chi connectivity index (χ1) is 66.2. The van der Waals surface area contributed by atoms with Gasteiger partial charge in [0.2, 0.25) is 0 Å². The van der Waals surface area contributed by atoms with E-state index in [0.29, 0.717) is 22.3 Å². The molecule has 4 aromatic heterocycles. The normalized spacial score (nSPS) is 12.6. The first-order valence-corrected chi connectivity index (χ1v) is 58.9. The van der Waals surface area contributed by atoms with Crippen LogP contribution in [0.15, 0.2) is 176 Å². The minimum Gasteiger partial charge on any atom is -0.462 e. The summed E-state index contributed by atoms with van der Waals surface area (Å²) in [4.78, 5) is 28.2. The zero-order chi connectivity index (χ0) is 95.4. The molecule has 2 aliphatic carbocycles. The molecule has 0 bridgehead atoms. The van der Waals surface area contributed by atoms with Gasteiger partial charge in [-0.15, -0.1) is 22.7 Å². The van der Waals surface area contributed by atoms with Crippen LogP contribution in [0.3, 0.4) is 0 Å². The van der Waals surface area contributed by atoms with Crippen LogP contribution in [0.25, 0.3) is 44.5 Å². The van der Waals surface area contributed by atoms with E-state index in [2.05, 4.69) is 234 Å². The van der Waals surface area contributed by atoms with Gasteiger partial charge in [-0.1, -0.05) is 357 Å². The Kier molecular flexibility index (Phi) is 47.1. The third-order valence-corrected chi connectivity index (χ3v) is 32.4. The molecule has 4 nitrogen and oxygen atoms in total. The first kappa shape index (κ1) is 108. The molecule has 0 saturated carbocycles. The van der Waals surface area contributed by atoms with E-state index in [1.54, 1.807) is 80.2 Å². The second kappa shape index (κ2) is 58.7. The fourth-order valence-electron chi connectivity index (χ4n) is 21.3. The summed E-state index contributed by atoms with van der Waals surface area (Å²) in [6.45, 7) is 27.6. The van der Waals surface area contributed by atoms with Gasteiger partial charge < -0.3 is 9.47 Å². The Morgan fingerprint density at radius 2 is 0.481 bits per heavy atom. The van der Waals surface area contributed by atoms with Crippen molar-refractivity contribution >= 4 is 73.2 Å². The molecule has 728 valence electrons. The third kappa shape index (κ3) is 29.9. The Hall–Kier alpha value is -7.24. The highest BCUT2D eigenvalue weighted by Crippen LogP contribution is 2.65. The molecule has 11 aromatic rings. The lowest BCUT2D eigenvalue weighted by molar-refractivity contribution is 0.0513. The van der Waals surface area contributed by atoms with E-state index < -0.39 is 22.8 Å². The number of rotatable bonds is 60. The largest absolute Gasteiger partial charge is 0.462 e. The molecule has 0 atom stereocenters. The van der Waals surface area contributed by atoms with E-state index in [-0.39, 0.29) is 13.2 Å². The standard InChI is InChI=1S/C88H122S2.C20H18O4S2.C18H29Br/c1-9-17-25-33-41-67-53-68(42-34-26-18-10-2)58-75(57-67)87(76-59-69(43-35-27-19-11-3)54-70(60-76)44-36-28-20-12-4)83-65-82-80-50-52-90-86(80)88(84(82)66-81(83)79-49-51-89-85(79)87,77-61-71(45-37-29-21-13-5)55-72(62-77)46-38-30-22-14-6)78-63-73(47-39-31-23-15-7)56-74(64-78)48-40-32-24-16-8;1-3-23-19(21)17-9-16(14-6-8-26-12-14)18(20(22)24-4-2)10-15(17)13-5-7-25-11-13;1-3-5-7-9-11-16-13-17(15-18(19)14-16)12-10-8-6-4-2/h49-66H,9-48H2,1-8H3;5-12H,3-4H2,1-2H3;13-15H,3-12H2,1-2H3. The SMILES string of the molecule is CCCCCCc1cc(Br)cc(CCCCCC)c1.CCCCCCc1cc(CCCCCC)cc(C2(c3cc(CCCCCC)cc(CCCCCC)c3)c3cc4c(cc3-c3ccsc32)C(c2cc(CCCCCC)cc(CCCCCC)c2)(c2cc(CCCCCC)cc(CCCCCC)c2)c2sccc2-4)c1.CCOC(=O)c1cc(-c2ccsc2)c(C(=O)OCC)cc1-c1ccsc1. The van der Waals surface area contributed by atoms with Gasteiger partial charge in [-0.3, -0.25) is 0 Å². The van der Waals surface area contributed by atoms with Gasteiger partial charge in [0.05, 0.1) is 35.2 Å². The molecule has 0 unspecified atom stereocenters. The molecule has 0 amide bonds. The predicted molar refractivity (Wildman–Crippen MR) is 594 cm³/mol. The quantitative estimate of drug-likeness (QED) is 0.0282. The number of esters is 2. The third-order valence-electron chi connectivity index (χ3n) is 28.5. The van der Waals surface area contributed by atoms with E-state index in [4.69, 9.17) is 9.47 Å². The fraction of sp³-hybridized carbons (Fsp3) is 0.524. The maximum absolute atomic E-state index is 12.6. The molecule has 9 heteroatoms. The molecule has 7 aromatic carbocycles. The van der Waals surface area contributed by atoms with Gasteiger partial charge in [-0.2, -0.15) is 22.7 Å². The van der Waals surface area contributed by atoms with Crippen LogP contribution in [0.2, 0.25) is 0 Å². The topological polar surface area (TPSA) is 52.6 Å². The lowest BCUT2D eigenvalue weighted by atomic mass is 9.66. The Bertz CT molecular complexity index is 4730. The Labute approximate surface area is 844 Å². The summed E-state index contributed by atoms with van der Waals surface area (Å²) in [5, 5.41) is 12.7. The summed E-state index contributed by atoms with van der Waals surface area (Å²) in [6.07, 6.45) is 63.6. The lowest BCUT2D eigenvalue weighted by Gasteiger charge is -2.36. The molecule has 4 heterocycles. The van der Waals surface area contributed by atoms with Crippen molar-refractivity contribution in [2.75, 3.05) is 13.2 Å². The number of thiophene rings is 4. The van der Waals surface area contributed by atoms with Gasteiger partial charge in [0, 0.05) is 14.2 Å². The highest BCUT2D eigenvalue weighted by molar-refractivity contribution is 9.10. The number of aryl methyl sites for hydroxylation is 10. The zero-order valence-corrected chi connectivity index (χ0v) is 90.5. The predicted octanol–water partition coefficient (Wildman–Crippen LogP) is 39.7. The van der Waals surface area contributed by atoms with Crippen molar-refractivity contribution < 1.29 is 19.1 Å². The average Bonchev–Trinajstić information content (AvgIpc) is 1.50. The minimum absolute atomic E-state index is 0.287. The van der Waals surface area contributed by atoms with Crippen molar-refractivity contribution in [3.8, 4) is 44.5 Å². The van der Waals surface area contributed by atoms with Crippen LogP contribution in [0, 0.1) is 0 Å². The van der Waals surface area contributed by atoms with Gasteiger partial charge >= 0.3 is 11.9 Å². The van der Waals surface area contributed by atoms with Crippen molar-refractivity contribution in [3.05, 3.63) is 286 Å². The van der Waals surface area contributed by atoms with Gasteiger partial charge in [0.15, 0.2) is 0 Å². The highest BCUT2D eigenvalue weighted by Gasteiger charge is 2.53. The molecule has 0 saturated heterocycles. The van der Waals surface area contributed by atoms with Gasteiger partial charge in [-0.25, -0.2) is 9.59 Å². The molecule has 0 N–H and O–H groups in total. The number of unbranched alkanes of at least 4 members (excludes halogenated alkanes) is 30. The van der Waals surface area contributed by atoms with Crippen LogP contribution in [0.4, 0.5) is 0 Å². The molecule has 2 aliphatic rings. The van der Waals surface area contributed by atoms with Crippen molar-refractivity contribution in [2.45, 2.75) is 415 Å². The molecule has 0 radical (unpaired) electrons. The Morgan fingerprint density at radius 1 is 0.252 bits per heavy atom. The van der Waals surface area contributed by atoms with Crippen LogP contribution in [0.5, 0.6) is 0 Å². The van der Waals surface area contributed by atoms with Gasteiger partial charge in [0.25, 0.3) is 0 Å². The number of hydrogen-bond acceptors (Lipinski definition) is 8. The molecular formula is C126H169BrO4S4. The number of hydrogen-bond donors (Lipinski definition) is 0. The second-order valence-electron chi connectivity index (χ2n) is 39.4. The number of carbonyl (C=O) groups excluding carboxylic acids is 2. The second-order valence-corrected chi connectivity index (χ2v) is 43.7. The van der Waals surface area contributed by atoms with Crippen molar-refractivity contribution in [1.29, 1.82) is 0 Å². The number of carbonyl (C=O) groups is 2. The Balaban J connectivity index is 0.000000314. The number of fused-ring (bicyclic) bond motifs is 6. The number of halogens is 1. The van der Waals surface area contributed by atoms with Crippen LogP contribution in [-0.4, -0.2) is 25.2 Å². The lowest BCUT2D eigenvalue weighted by Crippen LogP contribution is -2.30. The summed E-state index contributed by atoms with van der Waals surface area (Å²) < 4.78 is 11.7. The smallest absolute Gasteiger partial charge is 0.338 e. The van der Waals surface area contributed by atoms with Crippen molar-refractivity contribution in [1.82, 2.24) is 0 Å². The summed E-state index contributed by atoms with van der Waals surface area (Å²) in [7, 11) is 0. The summed E-state index contributed by atoms with van der Waals surface area (Å²) in [5.41, 5.74) is 33.5. The minimum atomic E-state index is -0.460. The van der Waals surface area contributed by atoms with Gasteiger partial charge in [-0.05, 0) is 369 Å². The molecule has 0 aliphatic heterocycles. The summed E-state index contributed by atoms with van der Waals surface area (Å²) in [5.74, 6) is -0.804. The zero-order valence-electron chi connectivity index (χ0n) is 85.7. The van der Waals surface area contributed by atoms with E-state index in [0.717, 1.165) is 62.5 Å². The summed E-state index contributed by atoms with van der Waals surface area (Å²) in [6, 6.07) is 57.8. The molecule has 0 fully saturated rings. The molecular weight excluding hydrogens is 1790 g/mol. The highest BCUT2D eigenvalue weighted by atomic mass is 79.9. The molecule has 13 rings (SSSR count). The molecule has 135 heavy (non-hydrogen) atoms. The van der Waals surface area contributed by atoms with E-state index in [1.165, 1.54) is 364 Å². The number of benzene rings is 7. The van der Waals surface area contributed by atoms with Crippen molar-refractivity contribution in [3.63, 3.8) is 0 Å². The van der Waals surface area contributed by atoms with E-state index >= 15 is 0 Å². The van der Waals surface area contributed by atoms with Crippen LogP contribution in [0.1, 0.15) is 459 Å². The Morgan fingerprint density at radius 3 is 0.689 bits per heavy atom.